The number of hydrogen-bond donors (Lipinski definition) is 1. The van der Waals surface area contributed by atoms with Crippen LogP contribution in [0.2, 0.25) is 0 Å². The summed E-state index contributed by atoms with van der Waals surface area (Å²) < 4.78 is 56.4. The second kappa shape index (κ2) is 7.33. The Morgan fingerprint density at radius 3 is 2.65 bits per heavy atom. The van der Waals surface area contributed by atoms with Gasteiger partial charge in [-0.25, -0.2) is 23.5 Å². The van der Waals surface area contributed by atoms with Crippen LogP contribution in [0.15, 0.2) is 42.7 Å². The Labute approximate surface area is 174 Å². The molecular formula is C22H16F4N4O. The first kappa shape index (κ1) is 19.5. The van der Waals surface area contributed by atoms with Gasteiger partial charge in [0.15, 0.2) is 0 Å². The number of carbonyl (C=O) groups is 1. The molecule has 4 heterocycles. The molecule has 3 aromatic rings. The van der Waals surface area contributed by atoms with Gasteiger partial charge in [0.1, 0.15) is 11.6 Å². The molecule has 1 aromatic carbocycles. The molecule has 5 rings (SSSR count). The number of amides is 2. The lowest BCUT2D eigenvalue weighted by Crippen LogP contribution is -2.44. The summed E-state index contributed by atoms with van der Waals surface area (Å²) in [7, 11) is 0. The van der Waals surface area contributed by atoms with Gasteiger partial charge in [0.25, 0.3) is 0 Å². The maximum absolute atomic E-state index is 14.7. The fourth-order valence-corrected chi connectivity index (χ4v) is 4.51. The van der Waals surface area contributed by atoms with E-state index in [1.54, 1.807) is 11.0 Å². The molecule has 31 heavy (non-hydrogen) atoms. The molecule has 2 atom stereocenters. The number of fused-ring (bicyclic) bond motifs is 4. The van der Waals surface area contributed by atoms with Gasteiger partial charge >= 0.3 is 6.03 Å². The average Bonchev–Trinajstić information content (AvgIpc) is 3.07. The highest BCUT2D eigenvalue weighted by molar-refractivity contribution is 5.91. The van der Waals surface area contributed by atoms with Crippen molar-refractivity contribution < 1.29 is 22.4 Å². The molecule has 5 nitrogen and oxygen atoms in total. The summed E-state index contributed by atoms with van der Waals surface area (Å²) >= 11 is 0. The van der Waals surface area contributed by atoms with E-state index in [-0.39, 0.29) is 28.9 Å². The standard InChI is InChI=1S/C22H16F4N4O/c23-16-9-18(17(24)8-14(16)11-1-4-20(25)28-10-11)29-22(31)30-12-2-3-19(30)13-5-6-27-21(26)15(13)7-12/h1,4-6,8-10,12,19H,2-3,7H2,(H,29,31)/t12-,19+/m0/s1. The smallest absolute Gasteiger partial charge is 0.314 e. The lowest BCUT2D eigenvalue weighted by atomic mass is 9.95. The van der Waals surface area contributed by atoms with Crippen LogP contribution < -0.4 is 5.32 Å². The summed E-state index contributed by atoms with van der Waals surface area (Å²) in [5, 5.41) is 2.44. The van der Waals surface area contributed by atoms with Crippen LogP contribution in [0.3, 0.4) is 0 Å². The van der Waals surface area contributed by atoms with Crippen molar-refractivity contribution in [1.82, 2.24) is 14.9 Å². The summed E-state index contributed by atoms with van der Waals surface area (Å²) in [6.07, 6.45) is 4.12. The molecule has 158 valence electrons. The van der Waals surface area contributed by atoms with Crippen molar-refractivity contribution in [2.24, 2.45) is 0 Å². The Morgan fingerprint density at radius 1 is 1.03 bits per heavy atom. The predicted octanol–water partition coefficient (Wildman–Crippen LogP) is 4.99. The summed E-state index contributed by atoms with van der Waals surface area (Å²) in [5.74, 6) is -2.89. The minimum Gasteiger partial charge on any atom is -0.314 e. The summed E-state index contributed by atoms with van der Waals surface area (Å²) in [6.45, 7) is 0. The summed E-state index contributed by atoms with van der Waals surface area (Å²) in [4.78, 5) is 21.6. The fraction of sp³-hybridized carbons (Fsp3) is 0.227. The SMILES string of the molecule is O=C(Nc1cc(F)c(-c2ccc(F)nc2)cc1F)N1[C@H]2CC[C@@H]1c1ccnc(F)c1C2. The minimum absolute atomic E-state index is 0.0991. The van der Waals surface area contributed by atoms with Gasteiger partial charge in [-0.15, -0.1) is 0 Å². The number of urea groups is 1. The number of anilines is 1. The molecule has 2 aliphatic rings. The van der Waals surface area contributed by atoms with Crippen molar-refractivity contribution in [2.45, 2.75) is 31.3 Å². The number of aromatic nitrogens is 2. The number of hydrogen-bond acceptors (Lipinski definition) is 3. The zero-order chi connectivity index (χ0) is 21.7. The number of halogens is 4. The van der Waals surface area contributed by atoms with Gasteiger partial charge in [-0.1, -0.05) is 0 Å². The molecule has 0 spiro atoms. The highest BCUT2D eigenvalue weighted by atomic mass is 19.1. The van der Waals surface area contributed by atoms with Crippen LogP contribution in [-0.4, -0.2) is 26.9 Å². The first-order valence-electron chi connectivity index (χ1n) is 9.76. The van der Waals surface area contributed by atoms with Gasteiger partial charge in [0, 0.05) is 41.2 Å². The van der Waals surface area contributed by atoms with Crippen LogP contribution in [0.4, 0.5) is 28.0 Å². The molecule has 0 aliphatic carbocycles. The average molecular weight is 428 g/mol. The van der Waals surface area contributed by atoms with Crippen molar-refractivity contribution in [2.75, 3.05) is 5.32 Å². The first-order valence-corrected chi connectivity index (χ1v) is 9.76. The zero-order valence-electron chi connectivity index (χ0n) is 16.1. The quantitative estimate of drug-likeness (QED) is 0.462. The number of pyridine rings is 2. The number of carbonyl (C=O) groups excluding carboxylic acids is 1. The molecule has 9 heteroatoms. The third-order valence-corrected chi connectivity index (χ3v) is 5.91. The predicted molar refractivity (Wildman–Crippen MR) is 104 cm³/mol. The second-order valence-corrected chi connectivity index (χ2v) is 7.64. The van der Waals surface area contributed by atoms with Crippen LogP contribution in [0.5, 0.6) is 0 Å². The van der Waals surface area contributed by atoms with Crippen LogP contribution >= 0.6 is 0 Å². The molecule has 0 saturated carbocycles. The van der Waals surface area contributed by atoms with Crippen molar-refractivity contribution in [3.8, 4) is 11.1 Å². The van der Waals surface area contributed by atoms with E-state index in [4.69, 9.17) is 0 Å². The monoisotopic (exact) mass is 428 g/mol. The Morgan fingerprint density at radius 2 is 1.87 bits per heavy atom. The van der Waals surface area contributed by atoms with E-state index in [9.17, 15) is 22.4 Å². The highest BCUT2D eigenvalue weighted by Gasteiger charge is 2.43. The topological polar surface area (TPSA) is 58.1 Å². The summed E-state index contributed by atoms with van der Waals surface area (Å²) in [6, 6.07) is 4.68. The fourth-order valence-electron chi connectivity index (χ4n) is 4.51. The van der Waals surface area contributed by atoms with Crippen molar-refractivity contribution in [1.29, 1.82) is 0 Å². The normalized spacial score (nSPS) is 19.3. The van der Waals surface area contributed by atoms with E-state index >= 15 is 0 Å². The molecule has 0 radical (unpaired) electrons. The van der Waals surface area contributed by atoms with E-state index < -0.39 is 29.6 Å². The maximum atomic E-state index is 14.7. The van der Waals surface area contributed by atoms with Gasteiger partial charge < -0.3 is 10.2 Å². The molecule has 1 fully saturated rings. The van der Waals surface area contributed by atoms with Crippen molar-refractivity contribution in [3.63, 3.8) is 0 Å². The van der Waals surface area contributed by atoms with E-state index in [2.05, 4.69) is 15.3 Å². The Bertz CT molecular complexity index is 1180. The van der Waals surface area contributed by atoms with Crippen LogP contribution in [-0.2, 0) is 6.42 Å². The van der Waals surface area contributed by atoms with Crippen LogP contribution in [0.25, 0.3) is 11.1 Å². The zero-order valence-corrected chi connectivity index (χ0v) is 16.1. The number of benzene rings is 1. The first-order chi connectivity index (χ1) is 14.9. The molecule has 1 N–H and O–H groups in total. The van der Waals surface area contributed by atoms with E-state index in [1.807, 2.05) is 0 Å². The second-order valence-electron chi connectivity index (χ2n) is 7.64. The van der Waals surface area contributed by atoms with E-state index in [0.29, 0.717) is 30.4 Å². The number of rotatable bonds is 2. The maximum Gasteiger partial charge on any atom is 0.322 e. The molecular weight excluding hydrogens is 412 g/mol. The van der Waals surface area contributed by atoms with Crippen LogP contribution in [0.1, 0.15) is 30.0 Å². The molecule has 0 unspecified atom stereocenters. The molecule has 2 aromatic heterocycles. The Kier molecular flexibility index (Phi) is 4.60. The van der Waals surface area contributed by atoms with Crippen LogP contribution in [0, 0.1) is 23.5 Å². The number of nitrogens with zero attached hydrogens (tertiary/aromatic N) is 3. The minimum atomic E-state index is -0.839. The van der Waals surface area contributed by atoms with Gasteiger partial charge in [0.2, 0.25) is 11.9 Å². The Balaban J connectivity index is 1.41. The van der Waals surface area contributed by atoms with Crippen molar-refractivity contribution in [3.05, 3.63) is 77.4 Å². The lowest BCUT2D eigenvalue weighted by molar-refractivity contribution is 0.178. The number of nitrogens with one attached hydrogen (secondary N) is 1. The van der Waals surface area contributed by atoms with Gasteiger partial charge in [-0.3, -0.25) is 0 Å². The van der Waals surface area contributed by atoms with Crippen molar-refractivity contribution >= 4 is 11.7 Å². The Hall–Kier alpha value is -3.49. The van der Waals surface area contributed by atoms with Gasteiger partial charge in [-0.2, -0.15) is 8.78 Å². The largest absolute Gasteiger partial charge is 0.322 e. The van der Waals surface area contributed by atoms with E-state index in [1.165, 1.54) is 12.3 Å². The highest BCUT2D eigenvalue weighted by Crippen LogP contribution is 2.44. The van der Waals surface area contributed by atoms with Gasteiger partial charge in [-0.05, 0) is 49.1 Å². The third-order valence-electron chi connectivity index (χ3n) is 5.91. The molecule has 2 bridgehead atoms. The van der Waals surface area contributed by atoms with E-state index in [0.717, 1.165) is 24.4 Å². The molecule has 2 aliphatic heterocycles. The summed E-state index contributed by atoms with van der Waals surface area (Å²) in [5.41, 5.74) is 0.998. The molecule has 2 amide bonds. The van der Waals surface area contributed by atoms with Gasteiger partial charge in [0.05, 0.1) is 11.7 Å². The molecule has 1 saturated heterocycles. The lowest BCUT2D eigenvalue weighted by Gasteiger charge is -2.36. The third kappa shape index (κ3) is 3.30.